The van der Waals surface area contributed by atoms with Crippen LogP contribution in [0.2, 0.25) is 0 Å². The van der Waals surface area contributed by atoms with E-state index in [1.54, 1.807) is 6.07 Å². The van der Waals surface area contributed by atoms with Crippen LogP contribution < -0.4 is 4.74 Å². The number of carbonyl (C=O) groups excluding carboxylic acids is 1. The number of esters is 1. The van der Waals surface area contributed by atoms with Crippen molar-refractivity contribution in [3.63, 3.8) is 0 Å². The van der Waals surface area contributed by atoms with Gasteiger partial charge in [0.1, 0.15) is 11.5 Å². The number of fused-ring (bicyclic) bond motifs is 1. The summed E-state index contributed by atoms with van der Waals surface area (Å²) in [5.74, 6) is 0.686. The molecule has 0 saturated heterocycles. The zero-order valence-corrected chi connectivity index (χ0v) is 15.4. The topological polar surface area (TPSA) is 46.5 Å². The fourth-order valence-corrected chi connectivity index (χ4v) is 4.19. The van der Waals surface area contributed by atoms with Crippen LogP contribution in [0.25, 0.3) is 0 Å². The average Bonchev–Trinajstić information content (AvgIpc) is 2.75. The molecule has 0 unspecified atom stereocenters. The van der Waals surface area contributed by atoms with Crippen molar-refractivity contribution in [1.82, 2.24) is 0 Å². The average molecular weight is 338 g/mol. The normalized spacial score (nSPS) is 21.0. The molecule has 1 N–H and O–H groups in total. The third-order valence-electron chi connectivity index (χ3n) is 5.30. The van der Waals surface area contributed by atoms with E-state index in [2.05, 4.69) is 20.8 Å². The Morgan fingerprint density at radius 2 is 1.76 bits per heavy atom. The van der Waals surface area contributed by atoms with Crippen molar-refractivity contribution < 1.29 is 14.6 Å². The Labute approximate surface area is 149 Å². The van der Waals surface area contributed by atoms with Crippen molar-refractivity contribution >= 4 is 5.97 Å². The van der Waals surface area contributed by atoms with Crippen LogP contribution in [0.1, 0.15) is 63.6 Å². The van der Waals surface area contributed by atoms with Gasteiger partial charge in [-0.15, -0.1) is 0 Å². The Bertz CT molecular complexity index is 789. The summed E-state index contributed by atoms with van der Waals surface area (Å²) >= 11 is 0. The Hall–Kier alpha value is -2.29. The SMILES string of the molecule is CCCC(=O)Oc1ccc([C@]2(C)CC(C)(C)c3ccc(O)cc32)cc1. The highest BCUT2D eigenvalue weighted by molar-refractivity contribution is 5.72. The molecule has 2 aromatic rings. The molecule has 0 amide bonds. The van der Waals surface area contributed by atoms with Gasteiger partial charge in [0.2, 0.25) is 0 Å². The quantitative estimate of drug-likeness (QED) is 0.624. The smallest absolute Gasteiger partial charge is 0.311 e. The van der Waals surface area contributed by atoms with Gasteiger partial charge in [-0.3, -0.25) is 4.79 Å². The van der Waals surface area contributed by atoms with Crippen molar-refractivity contribution in [3.05, 3.63) is 59.2 Å². The lowest BCUT2D eigenvalue weighted by Gasteiger charge is -2.28. The molecule has 0 aliphatic heterocycles. The number of phenolic OH excluding ortho intramolecular Hbond substituents is 1. The van der Waals surface area contributed by atoms with E-state index >= 15 is 0 Å². The van der Waals surface area contributed by atoms with Crippen molar-refractivity contribution in [2.75, 3.05) is 0 Å². The van der Waals surface area contributed by atoms with Gasteiger partial charge in [0.25, 0.3) is 0 Å². The van der Waals surface area contributed by atoms with Crippen molar-refractivity contribution in [2.24, 2.45) is 0 Å². The molecule has 3 heteroatoms. The van der Waals surface area contributed by atoms with Crippen LogP contribution >= 0.6 is 0 Å². The molecule has 1 atom stereocenters. The molecule has 0 bridgehead atoms. The first-order valence-corrected chi connectivity index (χ1v) is 8.91. The highest BCUT2D eigenvalue weighted by Gasteiger charge is 2.45. The zero-order chi connectivity index (χ0) is 18.2. The standard InChI is InChI=1S/C22H26O3/c1-5-6-20(24)25-17-10-7-15(8-11-17)22(4)14-21(2,3)18-12-9-16(23)13-19(18)22/h7-13,23H,5-6,14H2,1-4H3/t22-/m0/s1. The highest BCUT2D eigenvalue weighted by Crippen LogP contribution is 2.53. The number of rotatable bonds is 4. The summed E-state index contributed by atoms with van der Waals surface area (Å²) in [6, 6.07) is 13.5. The van der Waals surface area contributed by atoms with E-state index in [1.807, 2.05) is 43.3 Å². The number of benzene rings is 2. The van der Waals surface area contributed by atoms with Gasteiger partial charge < -0.3 is 9.84 Å². The van der Waals surface area contributed by atoms with E-state index in [0.29, 0.717) is 17.9 Å². The second kappa shape index (κ2) is 6.21. The molecule has 0 spiro atoms. The van der Waals surface area contributed by atoms with E-state index in [-0.39, 0.29) is 16.8 Å². The predicted octanol–water partition coefficient (Wildman–Crippen LogP) is 5.09. The minimum atomic E-state index is -0.196. The molecule has 0 heterocycles. The van der Waals surface area contributed by atoms with E-state index < -0.39 is 0 Å². The molecule has 0 radical (unpaired) electrons. The van der Waals surface area contributed by atoms with Gasteiger partial charge in [-0.05, 0) is 59.2 Å². The fraction of sp³-hybridized carbons (Fsp3) is 0.409. The molecule has 1 aliphatic rings. The summed E-state index contributed by atoms with van der Waals surface area (Å²) < 4.78 is 5.36. The van der Waals surface area contributed by atoms with Crippen LogP contribution in [0.3, 0.4) is 0 Å². The Balaban J connectivity index is 1.94. The van der Waals surface area contributed by atoms with Crippen LogP contribution in [-0.4, -0.2) is 11.1 Å². The zero-order valence-electron chi connectivity index (χ0n) is 15.4. The second-order valence-electron chi connectivity index (χ2n) is 7.87. The maximum atomic E-state index is 11.7. The monoisotopic (exact) mass is 338 g/mol. The molecule has 25 heavy (non-hydrogen) atoms. The van der Waals surface area contributed by atoms with Gasteiger partial charge >= 0.3 is 5.97 Å². The summed E-state index contributed by atoms with van der Waals surface area (Å²) in [6.45, 7) is 8.67. The molecule has 0 fully saturated rings. The Morgan fingerprint density at radius 3 is 2.40 bits per heavy atom. The molecule has 0 saturated carbocycles. The van der Waals surface area contributed by atoms with Crippen molar-refractivity contribution in [2.45, 2.75) is 57.8 Å². The number of hydrogen-bond acceptors (Lipinski definition) is 3. The molecule has 1 aliphatic carbocycles. The largest absolute Gasteiger partial charge is 0.508 e. The molecular weight excluding hydrogens is 312 g/mol. The summed E-state index contributed by atoms with van der Waals surface area (Å²) in [6.07, 6.45) is 2.18. The first-order chi connectivity index (χ1) is 11.8. The van der Waals surface area contributed by atoms with Crippen molar-refractivity contribution in [3.8, 4) is 11.5 Å². The van der Waals surface area contributed by atoms with Crippen LogP contribution in [0.15, 0.2) is 42.5 Å². The van der Waals surface area contributed by atoms with Crippen LogP contribution in [0.5, 0.6) is 11.5 Å². The minimum Gasteiger partial charge on any atom is -0.508 e. The lowest BCUT2D eigenvalue weighted by molar-refractivity contribution is -0.134. The molecular formula is C22H26O3. The van der Waals surface area contributed by atoms with E-state index in [1.165, 1.54) is 16.7 Å². The summed E-state index contributed by atoms with van der Waals surface area (Å²) in [5, 5.41) is 9.98. The summed E-state index contributed by atoms with van der Waals surface area (Å²) in [4.78, 5) is 11.7. The number of aromatic hydroxyl groups is 1. The first kappa shape index (κ1) is 17.5. The lowest BCUT2D eigenvalue weighted by Crippen LogP contribution is -2.23. The van der Waals surface area contributed by atoms with E-state index in [4.69, 9.17) is 4.74 Å². The fourth-order valence-electron chi connectivity index (χ4n) is 4.19. The van der Waals surface area contributed by atoms with Gasteiger partial charge in [0.15, 0.2) is 0 Å². The maximum absolute atomic E-state index is 11.7. The molecule has 132 valence electrons. The van der Waals surface area contributed by atoms with Crippen LogP contribution in [0.4, 0.5) is 0 Å². The van der Waals surface area contributed by atoms with Gasteiger partial charge in [0, 0.05) is 11.8 Å². The lowest BCUT2D eigenvalue weighted by atomic mass is 9.75. The highest BCUT2D eigenvalue weighted by atomic mass is 16.5. The Morgan fingerprint density at radius 1 is 1.08 bits per heavy atom. The molecule has 2 aromatic carbocycles. The number of hydrogen-bond donors (Lipinski definition) is 1. The molecule has 3 rings (SSSR count). The van der Waals surface area contributed by atoms with E-state index in [0.717, 1.165) is 12.8 Å². The van der Waals surface area contributed by atoms with Crippen LogP contribution in [-0.2, 0) is 15.6 Å². The summed E-state index contributed by atoms with van der Waals surface area (Å²) in [7, 11) is 0. The number of carbonyl (C=O) groups is 1. The maximum Gasteiger partial charge on any atom is 0.311 e. The molecule has 3 nitrogen and oxygen atoms in total. The number of phenols is 1. The van der Waals surface area contributed by atoms with Gasteiger partial charge in [-0.2, -0.15) is 0 Å². The van der Waals surface area contributed by atoms with Gasteiger partial charge in [-0.25, -0.2) is 0 Å². The van der Waals surface area contributed by atoms with Crippen LogP contribution in [0, 0.1) is 0 Å². The van der Waals surface area contributed by atoms with E-state index in [9.17, 15) is 9.90 Å². The first-order valence-electron chi connectivity index (χ1n) is 8.91. The minimum absolute atomic E-state index is 0.0457. The predicted molar refractivity (Wildman–Crippen MR) is 99.2 cm³/mol. The number of ether oxygens (including phenoxy) is 1. The summed E-state index contributed by atoms with van der Waals surface area (Å²) in [5.41, 5.74) is 3.49. The van der Waals surface area contributed by atoms with Gasteiger partial charge in [0.05, 0.1) is 0 Å². The van der Waals surface area contributed by atoms with Crippen molar-refractivity contribution in [1.29, 1.82) is 0 Å². The third kappa shape index (κ3) is 3.15. The second-order valence-corrected chi connectivity index (χ2v) is 7.87. The van der Waals surface area contributed by atoms with Gasteiger partial charge in [-0.1, -0.05) is 45.9 Å². The Kier molecular flexibility index (Phi) is 4.36. The third-order valence-corrected chi connectivity index (χ3v) is 5.30. The molecule has 0 aromatic heterocycles.